The number of nitrogens with one attached hydrogen (secondary N) is 2. The molecule has 0 aliphatic carbocycles. The van der Waals surface area contributed by atoms with E-state index in [1.165, 1.54) is 23.1 Å². The van der Waals surface area contributed by atoms with Gasteiger partial charge in [-0.1, -0.05) is 42.2 Å². The number of hydrogen-bond donors (Lipinski definition) is 2. The van der Waals surface area contributed by atoms with Gasteiger partial charge < -0.3 is 9.88 Å². The highest BCUT2D eigenvalue weighted by Crippen LogP contribution is 2.24. The second kappa shape index (κ2) is 10.5. The summed E-state index contributed by atoms with van der Waals surface area (Å²) in [4.78, 5) is 25.0. The Morgan fingerprint density at radius 1 is 1.16 bits per heavy atom. The van der Waals surface area contributed by atoms with E-state index in [0.717, 1.165) is 22.7 Å². The average Bonchev–Trinajstić information content (AvgIpc) is 3.34. The zero-order chi connectivity index (χ0) is 22.4. The van der Waals surface area contributed by atoms with Crippen LogP contribution in [0, 0.1) is 6.92 Å². The molecule has 11 heteroatoms. The molecule has 2 amide bonds. The van der Waals surface area contributed by atoms with Crippen molar-refractivity contribution in [3.05, 3.63) is 40.7 Å². The molecule has 2 heterocycles. The third kappa shape index (κ3) is 6.11. The molecule has 1 atom stereocenters. The van der Waals surface area contributed by atoms with E-state index in [1.807, 2.05) is 49.6 Å². The molecule has 1 aromatic carbocycles. The first-order valence-corrected chi connectivity index (χ1v) is 11.7. The summed E-state index contributed by atoms with van der Waals surface area (Å²) in [6.07, 6.45) is 0.873. The van der Waals surface area contributed by atoms with Crippen molar-refractivity contribution in [2.45, 2.75) is 57.5 Å². The first-order valence-electron chi connectivity index (χ1n) is 9.98. The van der Waals surface area contributed by atoms with Gasteiger partial charge in [-0.3, -0.25) is 14.9 Å². The van der Waals surface area contributed by atoms with Gasteiger partial charge in [-0.15, -0.1) is 20.4 Å². The van der Waals surface area contributed by atoms with Crippen LogP contribution in [0.2, 0.25) is 0 Å². The highest BCUT2D eigenvalue weighted by molar-refractivity contribution is 8.00. The van der Waals surface area contributed by atoms with Crippen molar-refractivity contribution in [3.8, 4) is 0 Å². The summed E-state index contributed by atoms with van der Waals surface area (Å²) in [6.45, 7) is 8.29. The van der Waals surface area contributed by atoms with Gasteiger partial charge >= 0.3 is 0 Å². The molecule has 2 N–H and O–H groups in total. The van der Waals surface area contributed by atoms with Crippen molar-refractivity contribution in [1.29, 1.82) is 0 Å². The highest BCUT2D eigenvalue weighted by atomic mass is 32.2. The maximum atomic E-state index is 12.5. The molecule has 0 spiro atoms. The second-order valence-electron chi connectivity index (χ2n) is 6.84. The fraction of sp³-hybridized carbons (Fsp3) is 0.400. The van der Waals surface area contributed by atoms with E-state index < -0.39 is 5.25 Å². The second-order valence-corrected chi connectivity index (χ2v) is 9.21. The van der Waals surface area contributed by atoms with Crippen molar-refractivity contribution in [1.82, 2.24) is 25.0 Å². The van der Waals surface area contributed by atoms with Crippen LogP contribution in [0.1, 0.15) is 37.2 Å². The summed E-state index contributed by atoms with van der Waals surface area (Å²) in [5, 5.41) is 23.6. The predicted octanol–water partition coefficient (Wildman–Crippen LogP) is 3.32. The Bertz CT molecular complexity index is 1060. The maximum absolute atomic E-state index is 12.5. The van der Waals surface area contributed by atoms with E-state index in [4.69, 9.17) is 0 Å². The van der Waals surface area contributed by atoms with Crippen molar-refractivity contribution in [2.75, 3.05) is 10.6 Å². The molecule has 0 bridgehead atoms. The Labute approximate surface area is 189 Å². The predicted molar refractivity (Wildman–Crippen MR) is 122 cm³/mol. The molecular formula is C20H25N7O2S2. The lowest BCUT2D eigenvalue weighted by Crippen LogP contribution is -2.23. The summed E-state index contributed by atoms with van der Waals surface area (Å²) in [6, 6.07) is 7.62. The summed E-state index contributed by atoms with van der Waals surface area (Å²) in [5.74, 6) is 0.200. The lowest BCUT2D eigenvalue weighted by atomic mass is 10.2. The molecule has 3 aromatic rings. The van der Waals surface area contributed by atoms with Crippen LogP contribution in [0.4, 0.5) is 10.8 Å². The number of carbonyl (C=O) groups is 2. The number of rotatable bonds is 9. The van der Waals surface area contributed by atoms with Gasteiger partial charge in [-0.05, 0) is 44.9 Å². The lowest BCUT2D eigenvalue weighted by Gasteiger charge is -2.11. The van der Waals surface area contributed by atoms with Crippen LogP contribution in [0.15, 0.2) is 29.4 Å². The Morgan fingerprint density at radius 3 is 2.65 bits per heavy atom. The molecule has 0 fully saturated rings. The molecular weight excluding hydrogens is 434 g/mol. The van der Waals surface area contributed by atoms with E-state index in [1.54, 1.807) is 6.92 Å². The zero-order valence-corrected chi connectivity index (χ0v) is 19.5. The van der Waals surface area contributed by atoms with Crippen LogP contribution >= 0.6 is 23.1 Å². The summed E-state index contributed by atoms with van der Waals surface area (Å²) >= 11 is 2.65. The Balaban J connectivity index is 1.62. The first-order chi connectivity index (χ1) is 14.9. The molecule has 0 radical (unpaired) electrons. The van der Waals surface area contributed by atoms with Gasteiger partial charge in [0.25, 0.3) is 0 Å². The third-order valence-corrected chi connectivity index (χ3v) is 6.44. The van der Waals surface area contributed by atoms with Gasteiger partial charge in [0.1, 0.15) is 10.8 Å². The SMILES string of the molecule is CCc1nnc(NC(=O)[C@H](C)Sc2nnc(CC(=O)Nc3cccc(C)c3)n2CC)s1. The topological polar surface area (TPSA) is 115 Å². The summed E-state index contributed by atoms with van der Waals surface area (Å²) in [5.41, 5.74) is 1.82. The lowest BCUT2D eigenvalue weighted by molar-refractivity contribution is -0.116. The summed E-state index contributed by atoms with van der Waals surface area (Å²) < 4.78 is 1.85. The number of carbonyl (C=O) groups excluding carboxylic acids is 2. The van der Waals surface area contributed by atoms with E-state index in [0.29, 0.717) is 22.7 Å². The van der Waals surface area contributed by atoms with Gasteiger partial charge in [0.2, 0.25) is 16.9 Å². The number of anilines is 2. The molecule has 9 nitrogen and oxygen atoms in total. The molecule has 0 unspecified atom stereocenters. The molecule has 3 rings (SSSR count). The maximum Gasteiger partial charge on any atom is 0.239 e. The van der Waals surface area contributed by atoms with Gasteiger partial charge in [-0.25, -0.2) is 0 Å². The van der Waals surface area contributed by atoms with E-state index in [9.17, 15) is 9.59 Å². The number of aryl methyl sites for hydroxylation is 2. The molecule has 0 aliphatic rings. The Hall–Kier alpha value is -2.79. The minimum Gasteiger partial charge on any atom is -0.326 e. The number of hydrogen-bond acceptors (Lipinski definition) is 8. The van der Waals surface area contributed by atoms with Crippen molar-refractivity contribution in [3.63, 3.8) is 0 Å². The highest BCUT2D eigenvalue weighted by Gasteiger charge is 2.21. The number of nitrogens with zero attached hydrogens (tertiary/aromatic N) is 5. The van der Waals surface area contributed by atoms with Crippen molar-refractivity contribution in [2.24, 2.45) is 0 Å². The first kappa shape index (κ1) is 22.9. The fourth-order valence-electron chi connectivity index (χ4n) is 2.79. The molecule has 31 heavy (non-hydrogen) atoms. The molecule has 2 aromatic heterocycles. The number of aromatic nitrogens is 5. The number of thioether (sulfide) groups is 1. The van der Waals surface area contributed by atoms with E-state index in [-0.39, 0.29) is 18.2 Å². The van der Waals surface area contributed by atoms with E-state index in [2.05, 4.69) is 31.0 Å². The van der Waals surface area contributed by atoms with Crippen LogP contribution in [-0.4, -0.2) is 42.0 Å². The van der Waals surface area contributed by atoms with Crippen LogP contribution in [0.25, 0.3) is 0 Å². The van der Waals surface area contributed by atoms with Gasteiger partial charge in [-0.2, -0.15) is 0 Å². The molecule has 0 aliphatic heterocycles. The monoisotopic (exact) mass is 459 g/mol. The van der Waals surface area contributed by atoms with Crippen LogP contribution in [0.5, 0.6) is 0 Å². The third-order valence-electron chi connectivity index (χ3n) is 4.38. The van der Waals surface area contributed by atoms with E-state index >= 15 is 0 Å². The van der Waals surface area contributed by atoms with Crippen molar-refractivity contribution < 1.29 is 9.59 Å². The van der Waals surface area contributed by atoms with Crippen LogP contribution < -0.4 is 10.6 Å². The fourth-order valence-corrected chi connectivity index (χ4v) is 4.41. The van der Waals surface area contributed by atoms with Crippen LogP contribution in [0.3, 0.4) is 0 Å². The molecule has 0 saturated heterocycles. The zero-order valence-electron chi connectivity index (χ0n) is 17.9. The van der Waals surface area contributed by atoms with Crippen LogP contribution in [-0.2, 0) is 29.0 Å². The minimum absolute atomic E-state index is 0.0977. The number of amides is 2. The smallest absolute Gasteiger partial charge is 0.239 e. The Morgan fingerprint density at radius 2 is 1.97 bits per heavy atom. The summed E-state index contributed by atoms with van der Waals surface area (Å²) in [7, 11) is 0. The normalized spacial score (nSPS) is 11.9. The van der Waals surface area contributed by atoms with Gasteiger partial charge in [0.15, 0.2) is 5.16 Å². The number of benzene rings is 1. The minimum atomic E-state index is -0.419. The van der Waals surface area contributed by atoms with Crippen molar-refractivity contribution >= 4 is 45.7 Å². The Kier molecular flexibility index (Phi) is 7.75. The quantitative estimate of drug-likeness (QED) is 0.472. The van der Waals surface area contributed by atoms with Gasteiger partial charge in [0, 0.05) is 12.2 Å². The standard InChI is InChI=1S/C20H25N7O2S2/c1-5-17-24-25-19(31-17)22-18(29)13(4)30-20-26-23-15(27(20)6-2)11-16(28)21-14-9-7-8-12(3)10-14/h7-10,13H,5-6,11H2,1-4H3,(H,21,28)(H,22,25,29)/t13-/m0/s1. The average molecular weight is 460 g/mol. The molecule has 0 saturated carbocycles. The van der Waals surface area contributed by atoms with Gasteiger partial charge in [0.05, 0.1) is 11.7 Å². The molecule has 164 valence electrons. The largest absolute Gasteiger partial charge is 0.326 e.